The molecule has 1 aliphatic heterocycles. The molecule has 0 spiro atoms. The van der Waals surface area contributed by atoms with Gasteiger partial charge in [0.2, 0.25) is 0 Å². The standard InChI is InChI=1S/C22H22N2O3/c1-5-12-27-20-11-8-17(14-21(20)26-4)13-19-16(3)23-24(22(19)25)18-9-6-15(2)7-10-18/h5-11,13-14H,1,12H2,2-4H3. The molecule has 0 aliphatic carbocycles. The van der Waals surface area contributed by atoms with Crippen molar-refractivity contribution in [3.8, 4) is 11.5 Å². The second kappa shape index (κ2) is 7.91. The van der Waals surface area contributed by atoms with Crippen LogP contribution in [0, 0.1) is 6.92 Å². The normalized spacial score (nSPS) is 15.1. The molecule has 0 aromatic heterocycles. The van der Waals surface area contributed by atoms with Crippen molar-refractivity contribution in [3.63, 3.8) is 0 Å². The molecular weight excluding hydrogens is 340 g/mol. The summed E-state index contributed by atoms with van der Waals surface area (Å²) in [6, 6.07) is 13.2. The number of aryl methyl sites for hydroxylation is 1. The molecule has 2 aromatic carbocycles. The molecule has 0 saturated carbocycles. The first-order chi connectivity index (χ1) is 13.0. The maximum atomic E-state index is 12.8. The molecule has 3 rings (SSSR count). The summed E-state index contributed by atoms with van der Waals surface area (Å²) in [4.78, 5) is 12.8. The van der Waals surface area contributed by atoms with E-state index in [4.69, 9.17) is 9.47 Å². The molecule has 0 saturated heterocycles. The number of hydrazone groups is 1. The number of carbonyl (C=O) groups is 1. The summed E-state index contributed by atoms with van der Waals surface area (Å²) in [5, 5.41) is 5.84. The summed E-state index contributed by atoms with van der Waals surface area (Å²) >= 11 is 0. The number of carbonyl (C=O) groups excluding carboxylic acids is 1. The predicted molar refractivity (Wildman–Crippen MR) is 108 cm³/mol. The van der Waals surface area contributed by atoms with Gasteiger partial charge in [0.05, 0.1) is 24.1 Å². The van der Waals surface area contributed by atoms with Crippen LogP contribution in [0.1, 0.15) is 18.1 Å². The van der Waals surface area contributed by atoms with Crippen molar-refractivity contribution in [2.75, 3.05) is 18.7 Å². The van der Waals surface area contributed by atoms with Gasteiger partial charge in [-0.2, -0.15) is 10.1 Å². The highest BCUT2D eigenvalue weighted by Gasteiger charge is 2.28. The fourth-order valence-corrected chi connectivity index (χ4v) is 2.75. The minimum Gasteiger partial charge on any atom is -0.493 e. The lowest BCUT2D eigenvalue weighted by Gasteiger charge is -2.12. The Balaban J connectivity index is 1.89. The van der Waals surface area contributed by atoms with Crippen molar-refractivity contribution in [3.05, 3.63) is 71.8 Å². The van der Waals surface area contributed by atoms with Crippen molar-refractivity contribution in [1.29, 1.82) is 0 Å². The number of ether oxygens (including phenoxy) is 2. The summed E-state index contributed by atoms with van der Waals surface area (Å²) in [6.07, 6.45) is 3.49. The van der Waals surface area contributed by atoms with Gasteiger partial charge in [-0.1, -0.05) is 36.4 Å². The minimum atomic E-state index is -0.151. The summed E-state index contributed by atoms with van der Waals surface area (Å²) < 4.78 is 11.0. The lowest BCUT2D eigenvalue weighted by atomic mass is 10.1. The van der Waals surface area contributed by atoms with E-state index in [1.54, 1.807) is 13.2 Å². The zero-order valence-corrected chi connectivity index (χ0v) is 15.7. The van der Waals surface area contributed by atoms with Gasteiger partial charge in [0.15, 0.2) is 11.5 Å². The molecule has 1 heterocycles. The SMILES string of the molecule is C=CCOc1ccc(C=C2C(=O)N(c3ccc(C)cc3)N=C2C)cc1OC. The quantitative estimate of drug-likeness (QED) is 0.566. The second-order valence-corrected chi connectivity index (χ2v) is 6.21. The Bertz CT molecular complexity index is 927. The molecule has 0 unspecified atom stereocenters. The summed E-state index contributed by atoms with van der Waals surface area (Å²) in [5.41, 5.74) is 3.94. The molecule has 5 nitrogen and oxygen atoms in total. The van der Waals surface area contributed by atoms with Gasteiger partial charge in [-0.25, -0.2) is 0 Å². The van der Waals surface area contributed by atoms with Crippen LogP contribution in [0.2, 0.25) is 0 Å². The van der Waals surface area contributed by atoms with Crippen LogP contribution >= 0.6 is 0 Å². The average Bonchev–Trinajstić information content (AvgIpc) is 2.95. The maximum Gasteiger partial charge on any atom is 0.280 e. The highest BCUT2D eigenvalue weighted by molar-refractivity contribution is 6.32. The van der Waals surface area contributed by atoms with E-state index in [-0.39, 0.29) is 5.91 Å². The van der Waals surface area contributed by atoms with Gasteiger partial charge >= 0.3 is 0 Å². The molecule has 2 aromatic rings. The van der Waals surface area contributed by atoms with Crippen LogP contribution in [0.3, 0.4) is 0 Å². The smallest absolute Gasteiger partial charge is 0.280 e. The van der Waals surface area contributed by atoms with Gasteiger partial charge in [0.25, 0.3) is 5.91 Å². The largest absolute Gasteiger partial charge is 0.493 e. The van der Waals surface area contributed by atoms with Crippen molar-refractivity contribution >= 4 is 23.4 Å². The Labute approximate surface area is 159 Å². The molecule has 1 aliphatic rings. The van der Waals surface area contributed by atoms with E-state index < -0.39 is 0 Å². The number of methoxy groups -OCH3 is 1. The molecule has 0 N–H and O–H groups in total. The van der Waals surface area contributed by atoms with E-state index in [1.165, 1.54) is 5.01 Å². The lowest BCUT2D eigenvalue weighted by molar-refractivity contribution is -0.114. The second-order valence-electron chi connectivity index (χ2n) is 6.21. The van der Waals surface area contributed by atoms with E-state index in [0.29, 0.717) is 29.4 Å². The Hall–Kier alpha value is -3.34. The monoisotopic (exact) mass is 362 g/mol. The van der Waals surface area contributed by atoms with Crippen LogP contribution in [-0.2, 0) is 4.79 Å². The van der Waals surface area contributed by atoms with E-state index >= 15 is 0 Å². The van der Waals surface area contributed by atoms with Crippen LogP contribution < -0.4 is 14.5 Å². The van der Waals surface area contributed by atoms with E-state index in [1.807, 2.05) is 62.4 Å². The molecule has 138 valence electrons. The van der Waals surface area contributed by atoms with Crippen LogP contribution in [-0.4, -0.2) is 25.3 Å². The summed E-state index contributed by atoms with van der Waals surface area (Å²) in [7, 11) is 1.58. The highest BCUT2D eigenvalue weighted by Crippen LogP contribution is 2.30. The summed E-state index contributed by atoms with van der Waals surface area (Å²) in [5.74, 6) is 1.08. The minimum absolute atomic E-state index is 0.151. The van der Waals surface area contributed by atoms with Gasteiger partial charge < -0.3 is 9.47 Å². The fourth-order valence-electron chi connectivity index (χ4n) is 2.75. The molecule has 27 heavy (non-hydrogen) atoms. The molecule has 0 bridgehead atoms. The molecule has 0 atom stereocenters. The third-order valence-corrected chi connectivity index (χ3v) is 4.20. The number of rotatable bonds is 6. The van der Waals surface area contributed by atoms with Gasteiger partial charge in [-0.15, -0.1) is 0 Å². The lowest BCUT2D eigenvalue weighted by Crippen LogP contribution is -2.21. The number of hydrogen-bond donors (Lipinski definition) is 0. The maximum absolute atomic E-state index is 12.8. The molecule has 5 heteroatoms. The van der Waals surface area contributed by atoms with Crippen molar-refractivity contribution in [2.24, 2.45) is 5.10 Å². The predicted octanol–water partition coefficient (Wildman–Crippen LogP) is 4.37. The van der Waals surface area contributed by atoms with E-state index in [9.17, 15) is 4.79 Å². The van der Waals surface area contributed by atoms with E-state index in [0.717, 1.165) is 16.8 Å². The topological polar surface area (TPSA) is 51.1 Å². The number of benzene rings is 2. The van der Waals surface area contributed by atoms with Crippen molar-refractivity contribution in [2.45, 2.75) is 13.8 Å². The third-order valence-electron chi connectivity index (χ3n) is 4.20. The zero-order valence-electron chi connectivity index (χ0n) is 15.7. The number of nitrogens with zero attached hydrogens (tertiary/aromatic N) is 2. The summed E-state index contributed by atoms with van der Waals surface area (Å²) in [6.45, 7) is 7.87. The molecule has 1 amide bonds. The van der Waals surface area contributed by atoms with Gasteiger partial charge in [0, 0.05) is 0 Å². The van der Waals surface area contributed by atoms with Gasteiger partial charge in [-0.05, 0) is 49.8 Å². The molecule has 0 radical (unpaired) electrons. The Morgan fingerprint density at radius 2 is 1.85 bits per heavy atom. The third kappa shape index (κ3) is 3.92. The first kappa shape index (κ1) is 18.5. The fraction of sp³-hybridized carbons (Fsp3) is 0.182. The number of amides is 1. The first-order valence-electron chi connectivity index (χ1n) is 8.63. The van der Waals surface area contributed by atoms with E-state index in [2.05, 4.69) is 11.7 Å². The van der Waals surface area contributed by atoms with Crippen LogP contribution in [0.15, 0.2) is 65.8 Å². The number of anilines is 1. The van der Waals surface area contributed by atoms with Crippen LogP contribution in [0.25, 0.3) is 6.08 Å². The van der Waals surface area contributed by atoms with Crippen molar-refractivity contribution < 1.29 is 14.3 Å². The Morgan fingerprint density at radius 3 is 2.52 bits per heavy atom. The first-order valence-corrected chi connectivity index (χ1v) is 8.63. The highest BCUT2D eigenvalue weighted by atomic mass is 16.5. The Morgan fingerprint density at radius 1 is 1.11 bits per heavy atom. The van der Waals surface area contributed by atoms with Gasteiger partial charge in [0.1, 0.15) is 6.61 Å². The van der Waals surface area contributed by atoms with Crippen molar-refractivity contribution in [1.82, 2.24) is 0 Å². The molecular formula is C22H22N2O3. The van der Waals surface area contributed by atoms with Crippen LogP contribution in [0.4, 0.5) is 5.69 Å². The van der Waals surface area contributed by atoms with Crippen LogP contribution in [0.5, 0.6) is 11.5 Å². The average molecular weight is 362 g/mol. The number of hydrogen-bond acceptors (Lipinski definition) is 4. The zero-order chi connectivity index (χ0) is 19.4. The molecule has 0 fully saturated rings. The van der Waals surface area contributed by atoms with Gasteiger partial charge in [-0.3, -0.25) is 4.79 Å². The Kier molecular flexibility index (Phi) is 5.41.